The van der Waals surface area contributed by atoms with Crippen LogP contribution < -0.4 is 9.64 Å². The van der Waals surface area contributed by atoms with Crippen molar-refractivity contribution >= 4 is 63.1 Å². The molecular formula is C26H22Cl2N2O6S. The largest absolute Gasteiger partial charge is 0.507 e. The fourth-order valence-electron chi connectivity index (χ4n) is 4.09. The number of aliphatic hydroxyl groups is 1. The van der Waals surface area contributed by atoms with E-state index in [0.29, 0.717) is 33.2 Å². The minimum atomic E-state index is -1.13. The van der Waals surface area contributed by atoms with Crippen molar-refractivity contribution in [2.75, 3.05) is 18.6 Å². The molecule has 2 aromatic carbocycles. The second-order valence-corrected chi connectivity index (χ2v) is 9.97. The van der Waals surface area contributed by atoms with Crippen LogP contribution in [0.25, 0.3) is 5.76 Å². The van der Waals surface area contributed by atoms with E-state index in [0.717, 1.165) is 16.2 Å². The third kappa shape index (κ3) is 4.82. The first kappa shape index (κ1) is 26.7. The van der Waals surface area contributed by atoms with Crippen LogP contribution in [-0.4, -0.2) is 41.5 Å². The zero-order valence-corrected chi connectivity index (χ0v) is 22.6. The van der Waals surface area contributed by atoms with Crippen LogP contribution in [0.3, 0.4) is 0 Å². The van der Waals surface area contributed by atoms with Gasteiger partial charge in [-0.2, -0.15) is 0 Å². The predicted molar refractivity (Wildman–Crippen MR) is 142 cm³/mol. The number of nitrogens with zero attached hydrogens (tertiary/aromatic N) is 2. The van der Waals surface area contributed by atoms with Crippen LogP contribution in [0.15, 0.2) is 42.0 Å². The zero-order valence-electron chi connectivity index (χ0n) is 20.3. The molecule has 1 saturated heterocycles. The van der Waals surface area contributed by atoms with Crippen LogP contribution in [0, 0.1) is 13.8 Å². The SMILES string of the molecule is CCOC(=O)c1sc(N2C(=O)C(=O)/C(=C(/O)c3ccc(OC)cc3C)[C@@H]2c2ccc(Cl)cc2Cl)nc1C. The normalized spacial score (nSPS) is 16.8. The molecule has 3 aromatic rings. The number of carbonyl (C=O) groups is 3. The number of aliphatic hydroxyl groups excluding tert-OH is 1. The molecule has 1 aliphatic rings. The number of Topliss-reactive ketones (excluding diaryl/α,β-unsaturated/α-hetero) is 1. The monoisotopic (exact) mass is 560 g/mol. The van der Waals surface area contributed by atoms with Crippen molar-refractivity contribution in [1.29, 1.82) is 0 Å². The Kier molecular flexibility index (Phi) is 7.59. The van der Waals surface area contributed by atoms with E-state index in [-0.39, 0.29) is 33.0 Å². The van der Waals surface area contributed by atoms with Gasteiger partial charge in [0.05, 0.1) is 31.0 Å². The number of ketones is 1. The Bertz CT molecular complexity index is 1470. The molecule has 2 heterocycles. The van der Waals surface area contributed by atoms with Crippen molar-refractivity contribution in [3.63, 3.8) is 0 Å². The number of methoxy groups -OCH3 is 1. The van der Waals surface area contributed by atoms with E-state index >= 15 is 0 Å². The van der Waals surface area contributed by atoms with Crippen LogP contribution in [0.2, 0.25) is 10.0 Å². The Morgan fingerprint density at radius 2 is 1.89 bits per heavy atom. The quantitative estimate of drug-likeness (QED) is 0.173. The topological polar surface area (TPSA) is 106 Å². The van der Waals surface area contributed by atoms with Crippen LogP contribution in [0.4, 0.5) is 5.13 Å². The zero-order chi connectivity index (χ0) is 27.0. The summed E-state index contributed by atoms with van der Waals surface area (Å²) >= 11 is 13.5. The Balaban J connectivity index is 1.96. The van der Waals surface area contributed by atoms with Gasteiger partial charge in [-0.3, -0.25) is 14.5 Å². The fraction of sp³-hybridized carbons (Fsp3) is 0.231. The molecule has 192 valence electrons. The molecule has 0 aliphatic carbocycles. The van der Waals surface area contributed by atoms with Crippen molar-refractivity contribution in [3.05, 3.63) is 79.3 Å². The number of carbonyl (C=O) groups excluding carboxylic acids is 3. The Morgan fingerprint density at radius 1 is 1.16 bits per heavy atom. The van der Waals surface area contributed by atoms with E-state index in [2.05, 4.69) is 4.98 Å². The minimum absolute atomic E-state index is 0.0872. The van der Waals surface area contributed by atoms with Gasteiger partial charge in [-0.05, 0) is 62.2 Å². The molecule has 4 rings (SSSR count). The minimum Gasteiger partial charge on any atom is -0.507 e. The van der Waals surface area contributed by atoms with Crippen molar-refractivity contribution < 1.29 is 29.0 Å². The molecule has 1 aromatic heterocycles. The molecule has 0 unspecified atom stereocenters. The number of halogens is 2. The van der Waals surface area contributed by atoms with Gasteiger partial charge in [0.15, 0.2) is 5.13 Å². The summed E-state index contributed by atoms with van der Waals surface area (Å²) in [6.45, 7) is 5.19. The molecule has 1 atom stereocenters. The number of benzene rings is 2. The molecule has 0 radical (unpaired) electrons. The number of esters is 1. The lowest BCUT2D eigenvalue weighted by Crippen LogP contribution is -2.29. The average Bonchev–Trinajstić information content (AvgIpc) is 3.35. The third-order valence-corrected chi connectivity index (χ3v) is 7.54. The molecule has 8 nitrogen and oxygen atoms in total. The summed E-state index contributed by atoms with van der Waals surface area (Å²) in [5.74, 6) is -2.25. The van der Waals surface area contributed by atoms with Crippen LogP contribution >= 0.6 is 34.5 Å². The maximum Gasteiger partial charge on any atom is 0.350 e. The Labute approximate surface area is 227 Å². The van der Waals surface area contributed by atoms with Crippen LogP contribution in [-0.2, 0) is 14.3 Å². The lowest BCUT2D eigenvalue weighted by atomic mass is 9.94. The third-order valence-electron chi connectivity index (χ3n) is 5.84. The summed E-state index contributed by atoms with van der Waals surface area (Å²) in [6.07, 6.45) is 0. The maximum atomic E-state index is 13.4. The van der Waals surface area contributed by atoms with Gasteiger partial charge >= 0.3 is 11.9 Å². The Hall–Kier alpha value is -3.40. The molecular weight excluding hydrogens is 539 g/mol. The van der Waals surface area contributed by atoms with Gasteiger partial charge in [-0.15, -0.1) is 0 Å². The first-order chi connectivity index (χ1) is 17.6. The average molecular weight is 561 g/mol. The molecule has 1 aliphatic heterocycles. The van der Waals surface area contributed by atoms with E-state index in [4.69, 9.17) is 32.7 Å². The smallest absolute Gasteiger partial charge is 0.350 e. The lowest BCUT2D eigenvalue weighted by molar-refractivity contribution is -0.132. The highest BCUT2D eigenvalue weighted by molar-refractivity contribution is 7.17. The summed E-state index contributed by atoms with van der Waals surface area (Å²) in [5, 5.41) is 12.0. The van der Waals surface area contributed by atoms with Gasteiger partial charge in [-0.1, -0.05) is 40.6 Å². The molecule has 1 amide bonds. The molecule has 0 bridgehead atoms. The highest BCUT2D eigenvalue weighted by Gasteiger charge is 2.49. The van der Waals surface area contributed by atoms with Crippen molar-refractivity contribution in [2.45, 2.75) is 26.8 Å². The first-order valence-electron chi connectivity index (χ1n) is 11.1. The standard InChI is InChI=1S/C26H22Cl2N2O6S/c1-5-36-25(34)23-13(3)29-26(37-23)30-20(17-8-6-14(27)11-18(17)28)19(22(32)24(30)33)21(31)16-9-7-15(35-4)10-12(16)2/h6-11,20,31H,5H2,1-4H3/b21-19+/t20-/m0/s1. The maximum absolute atomic E-state index is 13.4. The van der Waals surface area contributed by atoms with Crippen molar-refractivity contribution in [3.8, 4) is 5.75 Å². The number of anilines is 1. The molecule has 0 spiro atoms. The van der Waals surface area contributed by atoms with Gasteiger partial charge in [0.25, 0.3) is 5.78 Å². The molecule has 1 fully saturated rings. The number of aryl methyl sites for hydroxylation is 2. The lowest BCUT2D eigenvalue weighted by Gasteiger charge is -2.24. The number of aromatic nitrogens is 1. The first-order valence-corrected chi connectivity index (χ1v) is 12.7. The number of amides is 1. The van der Waals surface area contributed by atoms with E-state index in [1.54, 1.807) is 51.1 Å². The van der Waals surface area contributed by atoms with Crippen LogP contribution in [0.1, 0.15) is 45.0 Å². The van der Waals surface area contributed by atoms with Gasteiger partial charge in [0.2, 0.25) is 0 Å². The number of hydrogen-bond acceptors (Lipinski definition) is 8. The van der Waals surface area contributed by atoms with E-state index in [1.165, 1.54) is 13.2 Å². The van der Waals surface area contributed by atoms with Crippen molar-refractivity contribution in [2.24, 2.45) is 0 Å². The van der Waals surface area contributed by atoms with Crippen LogP contribution in [0.5, 0.6) is 5.75 Å². The summed E-state index contributed by atoms with van der Waals surface area (Å²) in [7, 11) is 1.52. The van der Waals surface area contributed by atoms with E-state index in [9.17, 15) is 19.5 Å². The summed E-state index contributed by atoms with van der Waals surface area (Å²) in [4.78, 5) is 45.0. The highest BCUT2D eigenvalue weighted by atomic mass is 35.5. The number of thiazole rings is 1. The molecule has 0 saturated carbocycles. The fourth-order valence-corrected chi connectivity index (χ4v) is 5.59. The molecule has 1 N–H and O–H groups in total. The highest BCUT2D eigenvalue weighted by Crippen LogP contribution is 2.46. The number of rotatable bonds is 6. The molecule has 11 heteroatoms. The predicted octanol–water partition coefficient (Wildman–Crippen LogP) is 5.88. The van der Waals surface area contributed by atoms with Gasteiger partial charge < -0.3 is 14.6 Å². The number of ether oxygens (including phenoxy) is 2. The molecule has 37 heavy (non-hydrogen) atoms. The summed E-state index contributed by atoms with van der Waals surface area (Å²) in [5.41, 5.74) is 1.49. The number of hydrogen-bond donors (Lipinski definition) is 1. The second kappa shape index (κ2) is 10.5. The van der Waals surface area contributed by atoms with E-state index in [1.807, 2.05) is 0 Å². The summed E-state index contributed by atoms with van der Waals surface area (Å²) < 4.78 is 10.3. The van der Waals surface area contributed by atoms with Gasteiger partial charge in [0, 0.05) is 15.6 Å². The second-order valence-electron chi connectivity index (χ2n) is 8.15. The Morgan fingerprint density at radius 3 is 2.51 bits per heavy atom. The van der Waals surface area contributed by atoms with Crippen molar-refractivity contribution in [1.82, 2.24) is 4.98 Å². The van der Waals surface area contributed by atoms with Gasteiger partial charge in [0.1, 0.15) is 16.4 Å². The summed E-state index contributed by atoms with van der Waals surface area (Å²) in [6, 6.07) is 8.43. The van der Waals surface area contributed by atoms with Gasteiger partial charge in [-0.25, -0.2) is 9.78 Å². The van der Waals surface area contributed by atoms with E-state index < -0.39 is 23.7 Å².